The summed E-state index contributed by atoms with van der Waals surface area (Å²) in [6.45, 7) is 3.60. The molecule has 0 radical (unpaired) electrons. The first-order valence-electron chi connectivity index (χ1n) is 3.73. The number of carbonyl (C=O) groups is 1. The fraction of sp³-hybridized carbons (Fsp3) is 0.222. The van der Waals surface area contributed by atoms with E-state index in [1.807, 2.05) is 6.92 Å². The highest BCUT2D eigenvalue weighted by Crippen LogP contribution is 2.31. The number of benzene rings is 1. The van der Waals surface area contributed by atoms with Crippen LogP contribution in [0.4, 0.5) is 0 Å². The lowest BCUT2D eigenvalue weighted by molar-refractivity contribution is 0.0997. The summed E-state index contributed by atoms with van der Waals surface area (Å²) >= 11 is 3.14. The van der Waals surface area contributed by atoms with Crippen LogP contribution in [0.1, 0.15) is 21.5 Å². The summed E-state index contributed by atoms with van der Waals surface area (Å²) in [5, 5.41) is 9.53. The number of aromatic hydroxyl groups is 1. The third-order valence-electron chi connectivity index (χ3n) is 2.02. The van der Waals surface area contributed by atoms with E-state index < -0.39 is 5.91 Å². The van der Waals surface area contributed by atoms with E-state index in [1.165, 1.54) is 0 Å². The van der Waals surface area contributed by atoms with Gasteiger partial charge in [-0.3, -0.25) is 4.79 Å². The van der Waals surface area contributed by atoms with E-state index in [2.05, 4.69) is 15.9 Å². The van der Waals surface area contributed by atoms with Gasteiger partial charge in [-0.25, -0.2) is 0 Å². The second-order valence-corrected chi connectivity index (χ2v) is 3.74. The van der Waals surface area contributed by atoms with Gasteiger partial charge in [0.2, 0.25) is 0 Å². The number of nitrogens with two attached hydrogens (primary N) is 1. The van der Waals surface area contributed by atoms with Crippen LogP contribution in [0, 0.1) is 13.8 Å². The minimum Gasteiger partial charge on any atom is -0.506 e. The largest absolute Gasteiger partial charge is 0.506 e. The maximum Gasteiger partial charge on any atom is 0.252 e. The first-order chi connectivity index (χ1) is 5.95. The van der Waals surface area contributed by atoms with Gasteiger partial charge in [0.1, 0.15) is 5.75 Å². The summed E-state index contributed by atoms with van der Waals surface area (Å²) in [6, 6.07) is 1.75. The molecular formula is C9H10BrNO2. The molecule has 4 heteroatoms. The first-order valence-corrected chi connectivity index (χ1v) is 4.53. The summed E-state index contributed by atoms with van der Waals surface area (Å²) < 4.78 is 0.490. The average Bonchev–Trinajstić information content (AvgIpc) is 2.01. The Kier molecular flexibility index (Phi) is 2.61. The Labute approximate surface area is 84.7 Å². The predicted octanol–water partition coefficient (Wildman–Crippen LogP) is 1.87. The number of rotatable bonds is 1. The Balaban J connectivity index is 3.56. The Morgan fingerprint density at radius 3 is 2.54 bits per heavy atom. The lowest BCUT2D eigenvalue weighted by Crippen LogP contribution is -2.13. The van der Waals surface area contributed by atoms with Crippen molar-refractivity contribution in [2.45, 2.75) is 13.8 Å². The first kappa shape index (κ1) is 10.1. The molecule has 0 atom stereocenters. The van der Waals surface area contributed by atoms with Crippen LogP contribution in [-0.4, -0.2) is 11.0 Å². The van der Waals surface area contributed by atoms with Crippen LogP contribution < -0.4 is 5.73 Å². The molecule has 0 unspecified atom stereocenters. The highest BCUT2D eigenvalue weighted by molar-refractivity contribution is 9.10. The van der Waals surface area contributed by atoms with Crippen molar-refractivity contribution >= 4 is 21.8 Å². The Bertz CT molecular complexity index is 348. The molecule has 0 aliphatic heterocycles. The van der Waals surface area contributed by atoms with Crippen LogP contribution in [0.15, 0.2) is 10.5 Å². The molecule has 0 aromatic heterocycles. The maximum absolute atomic E-state index is 11.0. The average molecular weight is 244 g/mol. The molecule has 1 rings (SSSR count). The molecule has 1 amide bonds. The standard InChI is InChI=1S/C9H10BrNO2/c1-4-3-6(10)8(12)7(5(4)2)9(11)13/h3,12H,1-2H3,(H2,11,13). The van der Waals surface area contributed by atoms with E-state index in [-0.39, 0.29) is 11.3 Å². The van der Waals surface area contributed by atoms with Crippen molar-refractivity contribution < 1.29 is 9.90 Å². The minimum absolute atomic E-state index is 0.0874. The van der Waals surface area contributed by atoms with Crippen molar-refractivity contribution in [3.8, 4) is 5.75 Å². The molecule has 0 spiro atoms. The van der Waals surface area contributed by atoms with Crippen molar-refractivity contribution in [1.82, 2.24) is 0 Å². The monoisotopic (exact) mass is 243 g/mol. The number of aryl methyl sites for hydroxylation is 1. The molecule has 3 N–H and O–H groups in total. The van der Waals surface area contributed by atoms with Gasteiger partial charge in [-0.2, -0.15) is 0 Å². The van der Waals surface area contributed by atoms with Gasteiger partial charge in [-0.1, -0.05) is 0 Å². The summed E-state index contributed by atoms with van der Waals surface area (Å²) in [5.41, 5.74) is 6.95. The summed E-state index contributed by atoms with van der Waals surface area (Å²) in [6.07, 6.45) is 0. The molecule has 0 bridgehead atoms. The van der Waals surface area contributed by atoms with Crippen molar-refractivity contribution in [3.05, 3.63) is 27.2 Å². The molecular weight excluding hydrogens is 234 g/mol. The van der Waals surface area contributed by atoms with Crippen molar-refractivity contribution in [2.75, 3.05) is 0 Å². The van der Waals surface area contributed by atoms with E-state index in [1.54, 1.807) is 13.0 Å². The fourth-order valence-corrected chi connectivity index (χ4v) is 1.70. The van der Waals surface area contributed by atoms with Gasteiger partial charge in [0.05, 0.1) is 10.0 Å². The highest BCUT2D eigenvalue weighted by Gasteiger charge is 2.15. The van der Waals surface area contributed by atoms with Gasteiger partial charge in [-0.15, -0.1) is 0 Å². The minimum atomic E-state index is -0.612. The Morgan fingerprint density at radius 1 is 1.54 bits per heavy atom. The Hall–Kier alpha value is -1.03. The molecule has 13 heavy (non-hydrogen) atoms. The molecule has 0 aliphatic carbocycles. The van der Waals surface area contributed by atoms with E-state index in [9.17, 15) is 9.90 Å². The van der Waals surface area contributed by atoms with Gasteiger partial charge in [0.25, 0.3) is 5.91 Å². The fourth-order valence-electron chi connectivity index (χ4n) is 1.16. The van der Waals surface area contributed by atoms with Crippen molar-refractivity contribution in [3.63, 3.8) is 0 Å². The Morgan fingerprint density at radius 2 is 2.08 bits per heavy atom. The van der Waals surface area contributed by atoms with Crippen LogP contribution in [0.5, 0.6) is 5.75 Å². The van der Waals surface area contributed by atoms with Gasteiger partial charge >= 0.3 is 0 Å². The van der Waals surface area contributed by atoms with Crippen LogP contribution in [0.2, 0.25) is 0 Å². The molecule has 1 aromatic rings. The van der Waals surface area contributed by atoms with Crippen LogP contribution >= 0.6 is 15.9 Å². The smallest absolute Gasteiger partial charge is 0.252 e. The van der Waals surface area contributed by atoms with Gasteiger partial charge in [-0.05, 0) is 47.0 Å². The number of carbonyl (C=O) groups excluding carboxylic acids is 1. The van der Waals surface area contributed by atoms with E-state index in [4.69, 9.17) is 5.73 Å². The lowest BCUT2D eigenvalue weighted by Gasteiger charge is -2.09. The number of amides is 1. The maximum atomic E-state index is 11.0. The van der Waals surface area contributed by atoms with Gasteiger partial charge in [0, 0.05) is 0 Å². The van der Waals surface area contributed by atoms with E-state index in [0.717, 1.165) is 5.56 Å². The molecule has 0 heterocycles. The van der Waals surface area contributed by atoms with E-state index >= 15 is 0 Å². The third-order valence-corrected chi connectivity index (χ3v) is 2.62. The number of halogens is 1. The van der Waals surface area contributed by atoms with Crippen LogP contribution in [0.25, 0.3) is 0 Å². The number of primary amides is 1. The summed E-state index contributed by atoms with van der Waals surface area (Å²) in [5.74, 6) is -0.699. The van der Waals surface area contributed by atoms with Gasteiger partial charge < -0.3 is 10.8 Å². The number of phenols is 1. The van der Waals surface area contributed by atoms with Crippen LogP contribution in [0.3, 0.4) is 0 Å². The molecule has 0 saturated carbocycles. The molecule has 0 fully saturated rings. The van der Waals surface area contributed by atoms with Crippen LogP contribution in [-0.2, 0) is 0 Å². The summed E-state index contributed by atoms with van der Waals surface area (Å²) in [7, 11) is 0. The lowest BCUT2D eigenvalue weighted by atomic mass is 10.0. The molecule has 3 nitrogen and oxygen atoms in total. The van der Waals surface area contributed by atoms with Crippen molar-refractivity contribution in [1.29, 1.82) is 0 Å². The molecule has 70 valence electrons. The topological polar surface area (TPSA) is 63.3 Å². The number of hydrogen-bond acceptors (Lipinski definition) is 2. The van der Waals surface area contributed by atoms with Crippen molar-refractivity contribution in [2.24, 2.45) is 5.73 Å². The molecule has 0 aliphatic rings. The second-order valence-electron chi connectivity index (χ2n) is 2.89. The third kappa shape index (κ3) is 1.67. The highest BCUT2D eigenvalue weighted by atomic mass is 79.9. The zero-order valence-electron chi connectivity index (χ0n) is 7.39. The summed E-state index contributed by atoms with van der Waals surface area (Å²) in [4.78, 5) is 11.0. The molecule has 1 aromatic carbocycles. The quantitative estimate of drug-likeness (QED) is 0.792. The second kappa shape index (κ2) is 3.38. The zero-order valence-corrected chi connectivity index (χ0v) is 8.97. The predicted molar refractivity (Wildman–Crippen MR) is 53.8 cm³/mol. The zero-order chi connectivity index (χ0) is 10.2. The van der Waals surface area contributed by atoms with E-state index in [0.29, 0.717) is 10.0 Å². The number of hydrogen-bond donors (Lipinski definition) is 2. The normalized spacial score (nSPS) is 10.1. The van der Waals surface area contributed by atoms with Gasteiger partial charge in [0.15, 0.2) is 0 Å². The SMILES string of the molecule is Cc1cc(Br)c(O)c(C(N)=O)c1C. The molecule has 0 saturated heterocycles.